The number of hydrogen-bond donors (Lipinski definition) is 0. The molecule has 0 radical (unpaired) electrons. The van der Waals surface area contributed by atoms with Gasteiger partial charge in [-0.3, -0.25) is 0 Å². The Morgan fingerprint density at radius 3 is 1.82 bits per heavy atom. The second kappa shape index (κ2) is 9.67. The molecule has 5 rings (SSSR count). The first kappa shape index (κ1) is 21.5. The first-order valence-electron chi connectivity index (χ1n) is 11.3. The van der Waals surface area contributed by atoms with Gasteiger partial charge in [-0.25, -0.2) is 4.98 Å². The van der Waals surface area contributed by atoms with Gasteiger partial charge in [-0.05, 0) is 23.8 Å². The minimum absolute atomic E-state index is 0.678. The highest BCUT2D eigenvalue weighted by Gasteiger charge is 2.22. The summed E-state index contributed by atoms with van der Waals surface area (Å²) in [7, 11) is 3.30. The highest BCUT2D eigenvalue weighted by atomic mass is 16.5. The lowest BCUT2D eigenvalue weighted by molar-refractivity contribution is 0.355. The lowest BCUT2D eigenvalue weighted by Gasteiger charge is -2.15. The Morgan fingerprint density at radius 1 is 0.618 bits per heavy atom. The fourth-order valence-corrected chi connectivity index (χ4v) is 4.25. The van der Waals surface area contributed by atoms with Gasteiger partial charge >= 0.3 is 0 Å². The molecule has 0 unspecified atom stereocenters. The van der Waals surface area contributed by atoms with Crippen LogP contribution in [0.15, 0.2) is 109 Å². The van der Waals surface area contributed by atoms with Crippen LogP contribution in [0, 0.1) is 0 Å². The average Bonchev–Trinajstić information content (AvgIpc) is 3.28. The maximum Gasteiger partial charge on any atom is 0.161 e. The third-order valence-corrected chi connectivity index (χ3v) is 5.89. The van der Waals surface area contributed by atoms with E-state index in [0.717, 1.165) is 33.9 Å². The van der Waals surface area contributed by atoms with Crippen LogP contribution < -0.4 is 9.47 Å². The summed E-state index contributed by atoms with van der Waals surface area (Å²) in [5, 5.41) is 0. The topological polar surface area (TPSA) is 36.3 Å². The molecular weight excluding hydrogens is 420 g/mol. The summed E-state index contributed by atoms with van der Waals surface area (Å²) in [6.45, 7) is 0.689. The fourth-order valence-electron chi connectivity index (χ4n) is 4.25. The van der Waals surface area contributed by atoms with Crippen LogP contribution in [0.1, 0.15) is 5.56 Å². The Balaban J connectivity index is 1.79. The van der Waals surface area contributed by atoms with Crippen molar-refractivity contribution >= 4 is 0 Å². The number of ether oxygens (including phenoxy) is 2. The molecule has 1 aromatic heterocycles. The molecule has 0 atom stereocenters. The minimum Gasteiger partial charge on any atom is -0.493 e. The Labute approximate surface area is 200 Å². The summed E-state index contributed by atoms with van der Waals surface area (Å²) in [6, 6.07) is 37.3. The van der Waals surface area contributed by atoms with Crippen LogP contribution in [0.3, 0.4) is 0 Å². The van der Waals surface area contributed by atoms with Gasteiger partial charge in [-0.1, -0.05) is 91.0 Å². The summed E-state index contributed by atoms with van der Waals surface area (Å²) < 4.78 is 13.4. The van der Waals surface area contributed by atoms with E-state index in [0.29, 0.717) is 18.0 Å². The van der Waals surface area contributed by atoms with Gasteiger partial charge < -0.3 is 14.0 Å². The maximum atomic E-state index is 5.60. The van der Waals surface area contributed by atoms with Crippen LogP contribution >= 0.6 is 0 Å². The monoisotopic (exact) mass is 446 g/mol. The number of hydrogen-bond acceptors (Lipinski definition) is 3. The van der Waals surface area contributed by atoms with Gasteiger partial charge in [0.2, 0.25) is 0 Å². The van der Waals surface area contributed by atoms with E-state index in [1.807, 2.05) is 36.4 Å². The van der Waals surface area contributed by atoms with Crippen molar-refractivity contribution in [3.8, 4) is 45.4 Å². The zero-order valence-electron chi connectivity index (χ0n) is 19.3. The predicted molar refractivity (Wildman–Crippen MR) is 137 cm³/mol. The van der Waals surface area contributed by atoms with Crippen molar-refractivity contribution < 1.29 is 9.47 Å². The van der Waals surface area contributed by atoms with Crippen molar-refractivity contribution in [3.63, 3.8) is 0 Å². The van der Waals surface area contributed by atoms with Crippen molar-refractivity contribution in [2.45, 2.75) is 6.54 Å². The van der Waals surface area contributed by atoms with Gasteiger partial charge in [0.15, 0.2) is 11.5 Å². The smallest absolute Gasteiger partial charge is 0.161 e. The molecule has 0 saturated heterocycles. The summed E-state index contributed by atoms with van der Waals surface area (Å²) >= 11 is 0. The first-order chi connectivity index (χ1) is 16.8. The van der Waals surface area contributed by atoms with Crippen LogP contribution in [0.25, 0.3) is 33.9 Å². The van der Waals surface area contributed by atoms with Crippen LogP contribution in [-0.2, 0) is 6.54 Å². The summed E-state index contributed by atoms with van der Waals surface area (Å²) in [5.74, 6) is 2.25. The van der Waals surface area contributed by atoms with Crippen LogP contribution in [0.4, 0.5) is 0 Å². The van der Waals surface area contributed by atoms with Gasteiger partial charge in [-0.2, -0.15) is 0 Å². The third kappa shape index (κ3) is 4.18. The fraction of sp³-hybridized carbons (Fsp3) is 0.100. The predicted octanol–water partition coefficient (Wildman–Crippen LogP) is 6.95. The number of nitrogens with zero attached hydrogens (tertiary/aromatic N) is 2. The molecule has 34 heavy (non-hydrogen) atoms. The van der Waals surface area contributed by atoms with Crippen molar-refractivity contribution in [2.75, 3.05) is 14.2 Å². The van der Waals surface area contributed by atoms with E-state index in [2.05, 4.69) is 77.4 Å². The molecule has 0 N–H and O–H groups in total. The number of rotatable bonds is 7. The zero-order valence-corrected chi connectivity index (χ0v) is 19.3. The maximum absolute atomic E-state index is 5.60. The molecule has 0 aliphatic rings. The van der Waals surface area contributed by atoms with Gasteiger partial charge in [0.1, 0.15) is 5.82 Å². The van der Waals surface area contributed by atoms with Gasteiger partial charge in [0, 0.05) is 23.2 Å². The number of methoxy groups -OCH3 is 2. The standard InChI is InChI=1S/C30H26N2O2/c1-33-26-19-18-25(20-27(26)34-2)30-31-28(23-14-8-4-9-15-23)29(24-16-10-5-11-17-24)32(30)21-22-12-6-3-7-13-22/h3-20H,21H2,1-2H3. The summed E-state index contributed by atoms with van der Waals surface area (Å²) in [5.41, 5.74) is 6.41. The van der Waals surface area contributed by atoms with Crippen LogP contribution in [0.2, 0.25) is 0 Å². The lowest BCUT2D eigenvalue weighted by Crippen LogP contribution is -2.05. The molecule has 0 fully saturated rings. The van der Waals surface area contributed by atoms with E-state index < -0.39 is 0 Å². The van der Waals surface area contributed by atoms with E-state index in [1.165, 1.54) is 5.56 Å². The molecule has 0 spiro atoms. The highest BCUT2D eigenvalue weighted by Crippen LogP contribution is 2.39. The van der Waals surface area contributed by atoms with Crippen molar-refractivity contribution in [1.29, 1.82) is 0 Å². The number of imidazole rings is 1. The van der Waals surface area contributed by atoms with Gasteiger partial charge in [-0.15, -0.1) is 0 Å². The number of benzene rings is 4. The molecule has 0 saturated carbocycles. The largest absolute Gasteiger partial charge is 0.493 e. The molecule has 0 bridgehead atoms. The van der Waals surface area contributed by atoms with E-state index >= 15 is 0 Å². The van der Waals surface area contributed by atoms with E-state index in [-0.39, 0.29) is 0 Å². The Morgan fingerprint density at radius 2 is 1.21 bits per heavy atom. The molecule has 0 amide bonds. The normalized spacial score (nSPS) is 10.8. The van der Waals surface area contributed by atoms with Crippen LogP contribution in [-0.4, -0.2) is 23.8 Å². The molecular formula is C30H26N2O2. The molecule has 1 heterocycles. The second-order valence-electron chi connectivity index (χ2n) is 8.01. The van der Waals surface area contributed by atoms with Gasteiger partial charge in [0.25, 0.3) is 0 Å². The molecule has 168 valence electrons. The summed E-state index contributed by atoms with van der Waals surface area (Å²) in [4.78, 5) is 5.22. The zero-order chi connectivity index (χ0) is 23.3. The van der Waals surface area contributed by atoms with Crippen LogP contribution in [0.5, 0.6) is 11.5 Å². The van der Waals surface area contributed by atoms with Crippen molar-refractivity contribution in [1.82, 2.24) is 9.55 Å². The van der Waals surface area contributed by atoms with Crippen molar-refractivity contribution in [2.24, 2.45) is 0 Å². The Hall–Kier alpha value is -4.31. The molecule has 4 nitrogen and oxygen atoms in total. The van der Waals surface area contributed by atoms with Gasteiger partial charge in [0.05, 0.1) is 25.6 Å². The van der Waals surface area contributed by atoms with E-state index in [9.17, 15) is 0 Å². The van der Waals surface area contributed by atoms with Crippen molar-refractivity contribution in [3.05, 3.63) is 115 Å². The molecule has 0 aliphatic heterocycles. The SMILES string of the molecule is COc1ccc(-c2nc(-c3ccccc3)c(-c3ccccc3)n2Cc2ccccc2)cc1OC. The minimum atomic E-state index is 0.678. The quantitative estimate of drug-likeness (QED) is 0.271. The van der Waals surface area contributed by atoms with E-state index in [4.69, 9.17) is 14.5 Å². The molecule has 4 aromatic carbocycles. The Kier molecular flexibility index (Phi) is 6.13. The van der Waals surface area contributed by atoms with E-state index in [1.54, 1.807) is 14.2 Å². The molecule has 0 aliphatic carbocycles. The highest BCUT2D eigenvalue weighted by molar-refractivity contribution is 5.82. The Bertz CT molecular complexity index is 1380. The lowest BCUT2D eigenvalue weighted by atomic mass is 10.0. The molecule has 5 aromatic rings. The first-order valence-corrected chi connectivity index (χ1v) is 11.3. The second-order valence-corrected chi connectivity index (χ2v) is 8.01. The number of aromatic nitrogens is 2. The third-order valence-electron chi connectivity index (χ3n) is 5.89. The summed E-state index contributed by atoms with van der Waals surface area (Å²) in [6.07, 6.45) is 0. The molecule has 4 heteroatoms. The average molecular weight is 447 g/mol.